The van der Waals surface area contributed by atoms with Gasteiger partial charge in [-0.05, 0) is 0 Å². The van der Waals surface area contributed by atoms with Gasteiger partial charge in [-0.3, -0.25) is 4.90 Å². The summed E-state index contributed by atoms with van der Waals surface area (Å²) in [6.07, 6.45) is 2.00. The fourth-order valence-corrected chi connectivity index (χ4v) is 2.66. The molecule has 1 atom stereocenters. The topological polar surface area (TPSA) is 51.4 Å². The molecule has 15 heavy (non-hydrogen) atoms. The highest BCUT2D eigenvalue weighted by atomic mass is 35.5. The molecule has 1 aliphatic rings. The standard InChI is InChI=1S/C9H14ClN3OS/c10-9-12-4-8(15-9)6-13-1-2-14-7(3-11)5-13/h4,7H,1-3,5-6,11H2. The van der Waals surface area contributed by atoms with Gasteiger partial charge < -0.3 is 10.5 Å². The summed E-state index contributed by atoms with van der Waals surface area (Å²) in [4.78, 5) is 7.54. The van der Waals surface area contributed by atoms with Gasteiger partial charge in [0.25, 0.3) is 0 Å². The van der Waals surface area contributed by atoms with E-state index in [1.807, 2.05) is 6.20 Å². The van der Waals surface area contributed by atoms with E-state index >= 15 is 0 Å². The molecule has 0 aliphatic carbocycles. The fraction of sp³-hybridized carbons (Fsp3) is 0.667. The third-order valence-corrected chi connectivity index (χ3v) is 3.49. The minimum atomic E-state index is 0.169. The minimum absolute atomic E-state index is 0.169. The smallest absolute Gasteiger partial charge is 0.183 e. The lowest BCUT2D eigenvalue weighted by molar-refractivity contribution is -0.0257. The van der Waals surface area contributed by atoms with Gasteiger partial charge in [-0.15, -0.1) is 11.3 Å². The van der Waals surface area contributed by atoms with E-state index in [2.05, 4.69) is 9.88 Å². The Balaban J connectivity index is 1.88. The summed E-state index contributed by atoms with van der Waals surface area (Å²) in [7, 11) is 0. The van der Waals surface area contributed by atoms with Crippen LogP contribution < -0.4 is 5.73 Å². The summed E-state index contributed by atoms with van der Waals surface area (Å²) in [5, 5.41) is 0. The largest absolute Gasteiger partial charge is 0.374 e. The highest BCUT2D eigenvalue weighted by molar-refractivity contribution is 7.15. The predicted molar refractivity (Wildman–Crippen MR) is 61.2 cm³/mol. The molecule has 1 fully saturated rings. The normalized spacial score (nSPS) is 23.2. The number of thiazole rings is 1. The minimum Gasteiger partial charge on any atom is -0.374 e. The van der Waals surface area contributed by atoms with Gasteiger partial charge in [-0.1, -0.05) is 11.6 Å². The first-order valence-electron chi connectivity index (χ1n) is 4.92. The maximum atomic E-state index is 5.78. The lowest BCUT2D eigenvalue weighted by atomic mass is 10.2. The lowest BCUT2D eigenvalue weighted by Gasteiger charge is -2.31. The van der Waals surface area contributed by atoms with Gasteiger partial charge in [0.15, 0.2) is 4.47 Å². The van der Waals surface area contributed by atoms with Crippen molar-refractivity contribution in [2.24, 2.45) is 5.73 Å². The van der Waals surface area contributed by atoms with E-state index in [0.29, 0.717) is 11.0 Å². The molecule has 1 aliphatic heterocycles. The van der Waals surface area contributed by atoms with Gasteiger partial charge >= 0.3 is 0 Å². The average Bonchev–Trinajstić information content (AvgIpc) is 2.64. The van der Waals surface area contributed by atoms with Gasteiger partial charge in [-0.2, -0.15) is 0 Å². The molecule has 84 valence electrons. The Bertz CT molecular complexity index is 320. The summed E-state index contributed by atoms with van der Waals surface area (Å²) in [5.74, 6) is 0. The lowest BCUT2D eigenvalue weighted by Crippen LogP contribution is -2.44. The van der Waals surface area contributed by atoms with Crippen molar-refractivity contribution in [3.05, 3.63) is 15.5 Å². The molecular weight excluding hydrogens is 234 g/mol. The number of nitrogens with two attached hydrogens (primary N) is 1. The summed E-state index contributed by atoms with van der Waals surface area (Å²) >= 11 is 7.31. The first-order valence-corrected chi connectivity index (χ1v) is 6.11. The maximum Gasteiger partial charge on any atom is 0.183 e. The molecule has 2 rings (SSSR count). The zero-order valence-corrected chi connectivity index (χ0v) is 9.93. The van der Waals surface area contributed by atoms with Gasteiger partial charge in [0.1, 0.15) is 0 Å². The van der Waals surface area contributed by atoms with Crippen LogP contribution in [0.5, 0.6) is 0 Å². The van der Waals surface area contributed by atoms with Crippen molar-refractivity contribution in [3.8, 4) is 0 Å². The Morgan fingerprint density at radius 1 is 1.73 bits per heavy atom. The molecule has 6 heteroatoms. The van der Waals surface area contributed by atoms with Crippen molar-refractivity contribution >= 4 is 22.9 Å². The van der Waals surface area contributed by atoms with Crippen LogP contribution in [0.4, 0.5) is 0 Å². The predicted octanol–water partition coefficient (Wildman–Crippen LogP) is 0.956. The number of ether oxygens (including phenoxy) is 1. The summed E-state index contributed by atoms with van der Waals surface area (Å²) < 4.78 is 6.10. The zero-order chi connectivity index (χ0) is 10.7. The van der Waals surface area contributed by atoms with Crippen LogP contribution in [-0.4, -0.2) is 42.2 Å². The Morgan fingerprint density at radius 2 is 2.60 bits per heavy atom. The van der Waals surface area contributed by atoms with Gasteiger partial charge in [0.05, 0.1) is 12.7 Å². The van der Waals surface area contributed by atoms with Crippen molar-refractivity contribution in [1.29, 1.82) is 0 Å². The Hall–Kier alpha value is -0.200. The second-order valence-electron chi connectivity index (χ2n) is 3.54. The van der Waals surface area contributed by atoms with Crippen molar-refractivity contribution in [2.45, 2.75) is 12.6 Å². The van der Waals surface area contributed by atoms with Crippen molar-refractivity contribution in [1.82, 2.24) is 9.88 Å². The highest BCUT2D eigenvalue weighted by Crippen LogP contribution is 2.20. The van der Waals surface area contributed by atoms with Crippen LogP contribution >= 0.6 is 22.9 Å². The van der Waals surface area contributed by atoms with E-state index in [1.165, 1.54) is 16.2 Å². The molecule has 0 amide bonds. The number of nitrogens with zero attached hydrogens (tertiary/aromatic N) is 2. The molecule has 0 bridgehead atoms. The van der Waals surface area contributed by atoms with Crippen molar-refractivity contribution in [3.63, 3.8) is 0 Å². The van der Waals surface area contributed by atoms with Crippen LogP contribution in [0.2, 0.25) is 4.47 Å². The average molecular weight is 248 g/mol. The monoisotopic (exact) mass is 247 g/mol. The van der Waals surface area contributed by atoms with E-state index in [0.717, 1.165) is 26.2 Å². The van der Waals surface area contributed by atoms with Crippen molar-refractivity contribution in [2.75, 3.05) is 26.2 Å². The molecule has 1 aromatic rings. The zero-order valence-electron chi connectivity index (χ0n) is 8.36. The fourth-order valence-electron chi connectivity index (χ4n) is 1.64. The third kappa shape index (κ3) is 3.12. The van der Waals surface area contributed by atoms with Gasteiger partial charge in [0.2, 0.25) is 0 Å². The van der Waals surface area contributed by atoms with Crippen LogP contribution in [0.25, 0.3) is 0 Å². The van der Waals surface area contributed by atoms with Crippen molar-refractivity contribution < 1.29 is 4.74 Å². The number of rotatable bonds is 3. The molecule has 0 saturated carbocycles. The van der Waals surface area contributed by atoms with Crippen LogP contribution in [0.1, 0.15) is 4.88 Å². The van der Waals surface area contributed by atoms with E-state index < -0.39 is 0 Å². The molecule has 4 nitrogen and oxygen atoms in total. The first kappa shape index (κ1) is 11.3. The number of aromatic nitrogens is 1. The number of halogens is 1. The second-order valence-corrected chi connectivity index (χ2v) is 5.24. The summed E-state index contributed by atoms with van der Waals surface area (Å²) in [5.41, 5.74) is 5.58. The van der Waals surface area contributed by atoms with Crippen LogP contribution in [0.15, 0.2) is 6.20 Å². The van der Waals surface area contributed by atoms with Crippen LogP contribution in [0, 0.1) is 0 Å². The van der Waals surface area contributed by atoms with Crippen LogP contribution in [-0.2, 0) is 11.3 Å². The molecule has 1 unspecified atom stereocenters. The molecule has 2 N–H and O–H groups in total. The summed E-state index contributed by atoms with van der Waals surface area (Å²) in [6, 6.07) is 0. The molecule has 0 aromatic carbocycles. The third-order valence-electron chi connectivity index (χ3n) is 2.39. The SMILES string of the molecule is NCC1CN(Cc2cnc(Cl)s2)CCO1. The Labute approximate surface area is 98.0 Å². The highest BCUT2D eigenvalue weighted by Gasteiger charge is 2.19. The molecule has 0 radical (unpaired) electrons. The molecule has 0 spiro atoms. The van der Waals surface area contributed by atoms with E-state index in [4.69, 9.17) is 22.1 Å². The van der Waals surface area contributed by atoms with Crippen LogP contribution in [0.3, 0.4) is 0 Å². The first-order chi connectivity index (χ1) is 7.28. The Kier molecular flexibility index (Phi) is 3.93. The Morgan fingerprint density at radius 3 is 3.27 bits per heavy atom. The molecular formula is C9H14ClN3OS. The molecule has 1 aromatic heterocycles. The molecule has 2 heterocycles. The van der Waals surface area contributed by atoms with E-state index in [9.17, 15) is 0 Å². The van der Waals surface area contributed by atoms with E-state index in [-0.39, 0.29) is 6.10 Å². The number of morpholine rings is 1. The maximum absolute atomic E-state index is 5.78. The quantitative estimate of drug-likeness (QED) is 0.865. The number of hydrogen-bond acceptors (Lipinski definition) is 5. The second kappa shape index (κ2) is 5.23. The van der Waals surface area contributed by atoms with E-state index in [1.54, 1.807) is 0 Å². The number of hydrogen-bond donors (Lipinski definition) is 1. The summed E-state index contributed by atoms with van der Waals surface area (Å²) in [6.45, 7) is 4.08. The van der Waals surface area contributed by atoms with Gasteiger partial charge in [-0.25, -0.2) is 4.98 Å². The molecule has 1 saturated heterocycles. The van der Waals surface area contributed by atoms with Gasteiger partial charge in [0, 0.05) is 37.3 Å².